The van der Waals surface area contributed by atoms with Crippen LogP contribution < -0.4 is 5.32 Å². The van der Waals surface area contributed by atoms with Gasteiger partial charge in [-0.3, -0.25) is 9.59 Å². The van der Waals surface area contributed by atoms with E-state index in [4.69, 9.17) is 0 Å². The Kier molecular flexibility index (Phi) is 4.87. The number of tetrazole rings is 1. The topological polar surface area (TPSA) is 93.0 Å². The van der Waals surface area contributed by atoms with E-state index in [0.717, 1.165) is 6.42 Å². The first kappa shape index (κ1) is 15.4. The van der Waals surface area contributed by atoms with Gasteiger partial charge in [-0.15, -0.1) is 5.10 Å². The highest BCUT2D eigenvalue weighted by Gasteiger charge is 2.30. The lowest BCUT2D eigenvalue weighted by molar-refractivity contribution is -0.140. The van der Waals surface area contributed by atoms with Gasteiger partial charge in [-0.2, -0.15) is 0 Å². The zero-order chi connectivity index (χ0) is 15.4. The number of carbonyl (C=O) groups excluding carboxylic acids is 2. The Balaban J connectivity index is 2.14. The minimum absolute atomic E-state index is 0.0737. The van der Waals surface area contributed by atoms with Crippen LogP contribution in [0.15, 0.2) is 0 Å². The van der Waals surface area contributed by atoms with E-state index < -0.39 is 6.04 Å². The van der Waals surface area contributed by atoms with Crippen molar-refractivity contribution >= 4 is 11.8 Å². The first-order valence-corrected chi connectivity index (χ1v) is 7.37. The maximum absolute atomic E-state index is 12.5. The van der Waals surface area contributed by atoms with Gasteiger partial charge < -0.3 is 10.2 Å². The second-order valence-electron chi connectivity index (χ2n) is 5.51. The molecule has 1 aliphatic heterocycles. The van der Waals surface area contributed by atoms with Crippen LogP contribution in [0, 0.1) is 0 Å². The van der Waals surface area contributed by atoms with Crippen LogP contribution in [-0.2, 0) is 16.1 Å². The molecule has 8 heteroatoms. The molecule has 0 saturated carbocycles. The Labute approximate surface area is 123 Å². The van der Waals surface area contributed by atoms with E-state index >= 15 is 0 Å². The number of nitrogens with one attached hydrogen (secondary N) is 1. The Hall–Kier alpha value is -1.99. The quantitative estimate of drug-likeness (QED) is 0.838. The minimum Gasteiger partial charge on any atom is -0.354 e. The van der Waals surface area contributed by atoms with Crippen LogP contribution in [0.5, 0.6) is 0 Å². The van der Waals surface area contributed by atoms with Crippen molar-refractivity contribution < 1.29 is 9.59 Å². The molecule has 1 atom stereocenters. The van der Waals surface area contributed by atoms with Gasteiger partial charge in [-0.1, -0.05) is 20.8 Å². The van der Waals surface area contributed by atoms with Crippen molar-refractivity contribution in [2.75, 3.05) is 13.1 Å². The molecule has 0 aliphatic carbocycles. The average molecular weight is 294 g/mol. The summed E-state index contributed by atoms with van der Waals surface area (Å²) >= 11 is 0. The maximum atomic E-state index is 12.5. The third kappa shape index (κ3) is 3.37. The lowest BCUT2D eigenvalue weighted by atomic mass is 10.1. The van der Waals surface area contributed by atoms with Gasteiger partial charge in [0.05, 0.1) is 0 Å². The zero-order valence-electron chi connectivity index (χ0n) is 12.7. The number of hydrogen-bond donors (Lipinski definition) is 1. The molecular weight excluding hydrogens is 272 g/mol. The van der Waals surface area contributed by atoms with E-state index in [1.54, 1.807) is 4.90 Å². The summed E-state index contributed by atoms with van der Waals surface area (Å²) in [5.74, 6) is 0.620. The lowest BCUT2D eigenvalue weighted by Crippen LogP contribution is -2.48. The fourth-order valence-electron chi connectivity index (χ4n) is 2.54. The van der Waals surface area contributed by atoms with Crippen molar-refractivity contribution in [1.29, 1.82) is 0 Å². The molecule has 2 heterocycles. The Morgan fingerprint density at radius 3 is 2.90 bits per heavy atom. The molecule has 0 spiro atoms. The van der Waals surface area contributed by atoms with Crippen LogP contribution in [0.25, 0.3) is 0 Å². The van der Waals surface area contributed by atoms with E-state index in [9.17, 15) is 9.59 Å². The molecule has 1 aromatic rings. The fourth-order valence-corrected chi connectivity index (χ4v) is 2.54. The molecule has 1 aromatic heterocycles. The summed E-state index contributed by atoms with van der Waals surface area (Å²) in [4.78, 5) is 26.2. The highest BCUT2D eigenvalue weighted by molar-refractivity contribution is 5.87. The third-order valence-electron chi connectivity index (χ3n) is 3.62. The summed E-state index contributed by atoms with van der Waals surface area (Å²) < 4.78 is 1.52. The number of rotatable bonds is 4. The molecule has 1 aliphatic rings. The third-order valence-corrected chi connectivity index (χ3v) is 3.62. The molecular formula is C13H22N6O2. The Bertz CT molecular complexity index is 513. The van der Waals surface area contributed by atoms with E-state index in [1.165, 1.54) is 4.68 Å². The normalized spacial score (nSPS) is 19.5. The van der Waals surface area contributed by atoms with Gasteiger partial charge in [0.15, 0.2) is 5.82 Å². The maximum Gasteiger partial charge on any atom is 0.245 e. The molecule has 0 bridgehead atoms. The van der Waals surface area contributed by atoms with Crippen molar-refractivity contribution in [2.24, 2.45) is 0 Å². The van der Waals surface area contributed by atoms with Crippen LogP contribution in [0.3, 0.4) is 0 Å². The Morgan fingerprint density at radius 2 is 2.24 bits per heavy atom. The summed E-state index contributed by atoms with van der Waals surface area (Å²) in [6.45, 7) is 7.12. The van der Waals surface area contributed by atoms with E-state index in [2.05, 4.69) is 20.8 Å². The summed E-state index contributed by atoms with van der Waals surface area (Å²) in [5.41, 5.74) is 0. The van der Waals surface area contributed by atoms with Gasteiger partial charge in [0.1, 0.15) is 12.6 Å². The first-order valence-electron chi connectivity index (χ1n) is 7.37. The van der Waals surface area contributed by atoms with Gasteiger partial charge >= 0.3 is 0 Å². The number of aromatic nitrogens is 4. The van der Waals surface area contributed by atoms with Crippen LogP contribution >= 0.6 is 0 Å². The summed E-state index contributed by atoms with van der Waals surface area (Å²) in [7, 11) is 0. The lowest BCUT2D eigenvalue weighted by Gasteiger charge is -2.27. The van der Waals surface area contributed by atoms with Crippen LogP contribution in [-0.4, -0.2) is 56.1 Å². The summed E-state index contributed by atoms with van der Waals surface area (Å²) in [5, 5.41) is 14.3. The predicted octanol–water partition coefficient (Wildman–Crippen LogP) is -0.0764. The standard InChI is InChI=1S/C13H22N6O2/c1-4-10-13(21)14-6-5-7-18(10)11(20)8-19-12(9(2)3)15-16-17-19/h9-10H,4-8H2,1-3H3,(H,14,21)/t10-/m1/s1. The monoisotopic (exact) mass is 294 g/mol. The molecule has 2 rings (SSSR count). The molecule has 1 fully saturated rings. The SMILES string of the molecule is CC[C@@H]1C(=O)NCCCN1C(=O)Cn1nnnc1C(C)C. The predicted molar refractivity (Wildman–Crippen MR) is 75.3 cm³/mol. The van der Waals surface area contributed by atoms with Gasteiger partial charge in [-0.05, 0) is 23.3 Å². The first-order chi connectivity index (χ1) is 10.0. The Morgan fingerprint density at radius 1 is 1.48 bits per heavy atom. The summed E-state index contributed by atoms with van der Waals surface area (Å²) in [6.07, 6.45) is 1.37. The second kappa shape index (κ2) is 6.64. The minimum atomic E-state index is -0.404. The summed E-state index contributed by atoms with van der Waals surface area (Å²) in [6, 6.07) is -0.404. The van der Waals surface area contributed by atoms with Crippen molar-refractivity contribution in [3.8, 4) is 0 Å². The van der Waals surface area contributed by atoms with Gasteiger partial charge in [0.2, 0.25) is 11.8 Å². The van der Waals surface area contributed by atoms with Crippen LogP contribution in [0.2, 0.25) is 0 Å². The van der Waals surface area contributed by atoms with Crippen molar-refractivity contribution in [2.45, 2.75) is 52.1 Å². The van der Waals surface area contributed by atoms with Crippen LogP contribution in [0.4, 0.5) is 0 Å². The molecule has 8 nitrogen and oxygen atoms in total. The van der Waals surface area contributed by atoms with Crippen LogP contribution in [0.1, 0.15) is 45.4 Å². The molecule has 1 saturated heterocycles. The zero-order valence-corrected chi connectivity index (χ0v) is 12.7. The largest absolute Gasteiger partial charge is 0.354 e. The highest BCUT2D eigenvalue weighted by Crippen LogP contribution is 2.13. The molecule has 2 amide bonds. The second-order valence-corrected chi connectivity index (χ2v) is 5.51. The van der Waals surface area contributed by atoms with E-state index in [1.807, 2.05) is 20.8 Å². The smallest absolute Gasteiger partial charge is 0.245 e. The molecule has 21 heavy (non-hydrogen) atoms. The number of amides is 2. The van der Waals surface area contributed by atoms with Crippen molar-refractivity contribution in [3.05, 3.63) is 5.82 Å². The molecule has 0 aromatic carbocycles. The van der Waals surface area contributed by atoms with E-state index in [-0.39, 0.29) is 24.3 Å². The average Bonchev–Trinajstić information content (AvgIpc) is 2.81. The van der Waals surface area contributed by atoms with Gasteiger partial charge in [0.25, 0.3) is 0 Å². The van der Waals surface area contributed by atoms with E-state index in [0.29, 0.717) is 25.3 Å². The highest BCUT2D eigenvalue weighted by atomic mass is 16.2. The molecule has 0 unspecified atom stereocenters. The van der Waals surface area contributed by atoms with Crippen molar-refractivity contribution in [3.63, 3.8) is 0 Å². The fraction of sp³-hybridized carbons (Fsp3) is 0.769. The number of nitrogens with zero attached hydrogens (tertiary/aromatic N) is 5. The van der Waals surface area contributed by atoms with Gasteiger partial charge in [-0.25, -0.2) is 4.68 Å². The number of carbonyl (C=O) groups is 2. The molecule has 1 N–H and O–H groups in total. The van der Waals surface area contributed by atoms with Gasteiger partial charge in [0, 0.05) is 19.0 Å². The molecule has 116 valence electrons. The molecule has 0 radical (unpaired) electrons. The number of hydrogen-bond acceptors (Lipinski definition) is 5. The van der Waals surface area contributed by atoms with Crippen molar-refractivity contribution in [1.82, 2.24) is 30.4 Å².